The molecule has 0 aliphatic carbocycles. The molecule has 23 heavy (non-hydrogen) atoms. The van der Waals surface area contributed by atoms with E-state index in [-0.39, 0.29) is 0 Å². The van der Waals surface area contributed by atoms with Crippen molar-refractivity contribution in [3.8, 4) is 0 Å². The molecule has 8 heteroatoms. The van der Waals surface area contributed by atoms with Crippen molar-refractivity contribution in [3.63, 3.8) is 0 Å². The molecule has 2 N–H and O–H groups in total. The normalized spacial score (nSPS) is 11.2. The van der Waals surface area contributed by atoms with E-state index >= 15 is 0 Å². The van der Waals surface area contributed by atoms with Gasteiger partial charge in [0, 0.05) is 10.2 Å². The molecule has 0 amide bonds. The first-order chi connectivity index (χ1) is 10.7. The van der Waals surface area contributed by atoms with Crippen LogP contribution in [-0.2, 0) is 4.79 Å². The first-order valence-electron chi connectivity index (χ1n) is 6.25. The van der Waals surface area contributed by atoms with Gasteiger partial charge in [-0.05, 0) is 43.3 Å². The molecule has 0 aliphatic rings. The zero-order chi connectivity index (χ0) is 17.6. The van der Waals surface area contributed by atoms with Gasteiger partial charge in [0.2, 0.25) is 0 Å². The molecule has 2 aromatic rings. The summed E-state index contributed by atoms with van der Waals surface area (Å²) in [6.07, 6.45) is 0. The van der Waals surface area contributed by atoms with E-state index in [1.807, 2.05) is 6.07 Å². The van der Waals surface area contributed by atoms with Gasteiger partial charge in [0.15, 0.2) is 0 Å². The highest BCUT2D eigenvalue weighted by Gasteiger charge is 2.10. The fraction of sp³-hybridized carbons (Fsp3) is 0.133. The minimum absolute atomic E-state index is 0.397. The van der Waals surface area contributed by atoms with Gasteiger partial charge in [-0.25, -0.2) is 0 Å². The van der Waals surface area contributed by atoms with Crippen LogP contribution in [0.25, 0.3) is 0 Å². The molecule has 0 bridgehead atoms. The predicted octanol–water partition coefficient (Wildman–Crippen LogP) is 6.63. The topological polar surface area (TPSA) is 49.3 Å². The lowest BCUT2D eigenvalue weighted by molar-refractivity contribution is -0.137. The molecule has 124 valence electrons. The van der Waals surface area contributed by atoms with Crippen LogP contribution in [0.1, 0.15) is 6.92 Å². The van der Waals surface area contributed by atoms with E-state index in [1.165, 1.54) is 0 Å². The number of carboxylic acids is 1. The maximum atomic E-state index is 10.5. The van der Waals surface area contributed by atoms with Crippen LogP contribution >= 0.6 is 62.3 Å². The highest BCUT2D eigenvalue weighted by Crippen LogP contribution is 2.25. The van der Waals surface area contributed by atoms with Crippen LogP contribution in [0.3, 0.4) is 0 Å². The van der Waals surface area contributed by atoms with Crippen molar-refractivity contribution in [2.45, 2.75) is 13.0 Å². The Morgan fingerprint density at radius 3 is 1.96 bits per heavy atom. The van der Waals surface area contributed by atoms with E-state index in [2.05, 4.69) is 21.2 Å². The number of nitrogens with one attached hydrogen (secondary N) is 1. The molecule has 0 saturated carbocycles. The van der Waals surface area contributed by atoms with Crippen molar-refractivity contribution in [3.05, 3.63) is 61.0 Å². The summed E-state index contributed by atoms with van der Waals surface area (Å²) in [6.45, 7) is 1.55. The van der Waals surface area contributed by atoms with Crippen molar-refractivity contribution in [2.75, 3.05) is 5.32 Å². The van der Waals surface area contributed by atoms with Gasteiger partial charge in [-0.1, -0.05) is 62.3 Å². The molecule has 1 atom stereocenters. The Morgan fingerprint density at radius 2 is 1.52 bits per heavy atom. The van der Waals surface area contributed by atoms with Gasteiger partial charge >= 0.3 is 5.97 Å². The van der Waals surface area contributed by atoms with E-state index in [0.717, 1.165) is 4.47 Å². The molecule has 2 aromatic carbocycles. The molecular formula is C15H12BrCl4NO2. The standard InChI is InChI=1S/C9H9Cl2NO2.C6H3BrCl2/c1-5(9(13)14)12-6-2-3-7(10)8(11)4-6;7-4-1-2-5(8)6(9)3-4/h2-5,12H,1H3,(H,13,14);1-3H. The number of carboxylic acid groups (broad SMARTS) is 1. The third-order valence-corrected chi connectivity index (χ3v) is 4.53. The van der Waals surface area contributed by atoms with Gasteiger partial charge < -0.3 is 10.4 Å². The maximum Gasteiger partial charge on any atom is 0.325 e. The van der Waals surface area contributed by atoms with Gasteiger partial charge in [0.1, 0.15) is 6.04 Å². The number of aliphatic carboxylic acids is 1. The van der Waals surface area contributed by atoms with E-state index in [9.17, 15) is 4.79 Å². The lowest BCUT2D eigenvalue weighted by Crippen LogP contribution is -2.25. The highest BCUT2D eigenvalue weighted by atomic mass is 79.9. The fourth-order valence-electron chi connectivity index (χ4n) is 1.37. The summed E-state index contributed by atoms with van der Waals surface area (Å²) in [4.78, 5) is 10.5. The SMILES string of the molecule is CC(Nc1ccc(Cl)c(Cl)c1)C(=O)O.Clc1ccc(Br)cc1Cl. The van der Waals surface area contributed by atoms with Gasteiger partial charge in [-0.3, -0.25) is 4.79 Å². The van der Waals surface area contributed by atoms with Crippen LogP contribution in [-0.4, -0.2) is 17.1 Å². The van der Waals surface area contributed by atoms with E-state index in [1.54, 1.807) is 37.3 Å². The summed E-state index contributed by atoms with van der Waals surface area (Å²) in [5, 5.41) is 13.4. The Morgan fingerprint density at radius 1 is 1.00 bits per heavy atom. The Hall–Kier alpha value is -0.650. The van der Waals surface area contributed by atoms with E-state index < -0.39 is 12.0 Å². The van der Waals surface area contributed by atoms with Crippen molar-refractivity contribution in [1.29, 1.82) is 0 Å². The summed E-state index contributed by atoms with van der Waals surface area (Å²) in [7, 11) is 0. The van der Waals surface area contributed by atoms with Gasteiger partial charge in [0.25, 0.3) is 0 Å². The first-order valence-corrected chi connectivity index (χ1v) is 8.56. The van der Waals surface area contributed by atoms with Crippen LogP contribution in [0.5, 0.6) is 0 Å². The Kier molecular flexibility index (Phi) is 8.51. The predicted molar refractivity (Wildman–Crippen MR) is 101 cm³/mol. The largest absolute Gasteiger partial charge is 0.480 e. The fourth-order valence-corrected chi connectivity index (χ4v) is 2.46. The van der Waals surface area contributed by atoms with Crippen LogP contribution in [0.4, 0.5) is 5.69 Å². The minimum Gasteiger partial charge on any atom is -0.480 e. The molecular weight excluding hydrogens is 448 g/mol. The summed E-state index contributed by atoms with van der Waals surface area (Å²) >= 11 is 26.0. The quantitative estimate of drug-likeness (QED) is 0.506. The lowest BCUT2D eigenvalue weighted by atomic mass is 10.2. The molecule has 0 heterocycles. The monoisotopic (exact) mass is 457 g/mol. The number of benzene rings is 2. The second kappa shape index (κ2) is 9.60. The Bertz CT molecular complexity index is 697. The molecule has 0 fully saturated rings. The van der Waals surface area contributed by atoms with Crippen molar-refractivity contribution >= 4 is 74.0 Å². The molecule has 0 spiro atoms. The zero-order valence-corrected chi connectivity index (χ0v) is 16.4. The van der Waals surface area contributed by atoms with Crippen LogP contribution in [0, 0.1) is 0 Å². The van der Waals surface area contributed by atoms with Crippen molar-refractivity contribution in [1.82, 2.24) is 0 Å². The average Bonchev–Trinajstić information content (AvgIpc) is 2.47. The third-order valence-electron chi connectivity index (χ3n) is 2.55. The molecule has 3 nitrogen and oxygen atoms in total. The molecule has 0 saturated heterocycles. The second-order valence-corrected chi connectivity index (χ2v) is 6.94. The van der Waals surface area contributed by atoms with E-state index in [0.29, 0.717) is 25.8 Å². The van der Waals surface area contributed by atoms with Gasteiger partial charge in [-0.15, -0.1) is 0 Å². The zero-order valence-electron chi connectivity index (χ0n) is 11.8. The van der Waals surface area contributed by atoms with Crippen LogP contribution < -0.4 is 5.32 Å². The minimum atomic E-state index is -0.920. The summed E-state index contributed by atoms with van der Waals surface area (Å²) < 4.78 is 0.942. The van der Waals surface area contributed by atoms with Crippen LogP contribution in [0.15, 0.2) is 40.9 Å². The molecule has 2 rings (SSSR count). The van der Waals surface area contributed by atoms with Crippen molar-refractivity contribution < 1.29 is 9.90 Å². The summed E-state index contributed by atoms with van der Waals surface area (Å²) in [5.41, 5.74) is 0.634. The summed E-state index contributed by atoms with van der Waals surface area (Å²) in [5.74, 6) is -0.920. The molecule has 0 aliphatic heterocycles. The average molecular weight is 460 g/mol. The molecule has 0 aromatic heterocycles. The number of carbonyl (C=O) groups is 1. The van der Waals surface area contributed by atoms with Crippen molar-refractivity contribution in [2.24, 2.45) is 0 Å². The number of hydrogen-bond acceptors (Lipinski definition) is 2. The maximum absolute atomic E-state index is 10.5. The van der Waals surface area contributed by atoms with E-state index in [4.69, 9.17) is 51.5 Å². The number of hydrogen-bond donors (Lipinski definition) is 2. The van der Waals surface area contributed by atoms with Gasteiger partial charge in [-0.2, -0.15) is 0 Å². The summed E-state index contributed by atoms with van der Waals surface area (Å²) in [6, 6.07) is 9.55. The number of rotatable bonds is 3. The number of anilines is 1. The second-order valence-electron chi connectivity index (χ2n) is 4.39. The molecule has 0 radical (unpaired) electrons. The van der Waals surface area contributed by atoms with Crippen LogP contribution in [0.2, 0.25) is 20.1 Å². The third kappa shape index (κ3) is 7.19. The smallest absolute Gasteiger partial charge is 0.325 e. The lowest BCUT2D eigenvalue weighted by Gasteiger charge is -2.10. The molecule has 1 unspecified atom stereocenters. The highest BCUT2D eigenvalue weighted by molar-refractivity contribution is 9.10. The number of halogens is 5. The Labute approximate surface area is 162 Å². The first kappa shape index (κ1) is 20.4. The Balaban J connectivity index is 0.000000253. The van der Waals surface area contributed by atoms with Gasteiger partial charge in [0.05, 0.1) is 20.1 Å².